The summed E-state index contributed by atoms with van der Waals surface area (Å²) in [5.74, 6) is 1.40. The van der Waals surface area contributed by atoms with Gasteiger partial charge in [0.25, 0.3) is 5.91 Å². The van der Waals surface area contributed by atoms with Crippen LogP contribution in [0.3, 0.4) is 0 Å². The highest BCUT2D eigenvalue weighted by molar-refractivity contribution is 9.10. The maximum absolute atomic E-state index is 13.0. The quantitative estimate of drug-likeness (QED) is 0.764. The largest absolute Gasteiger partial charge is 0.496 e. The van der Waals surface area contributed by atoms with E-state index in [0.717, 1.165) is 32.8 Å². The first-order chi connectivity index (χ1) is 13.6. The van der Waals surface area contributed by atoms with Crippen LogP contribution in [0.25, 0.3) is 5.70 Å². The molecule has 0 fully saturated rings. The van der Waals surface area contributed by atoms with Crippen molar-refractivity contribution in [1.82, 2.24) is 10.3 Å². The fourth-order valence-electron chi connectivity index (χ4n) is 3.20. The third-order valence-corrected chi connectivity index (χ3v) is 5.99. The number of hydrogen-bond donors (Lipinski definition) is 1. The van der Waals surface area contributed by atoms with Gasteiger partial charge >= 0.3 is 0 Å². The molecule has 0 saturated carbocycles. The molecular formula is C20H19BrN4O2S. The number of halogens is 1. The van der Waals surface area contributed by atoms with Gasteiger partial charge in [-0.3, -0.25) is 15.1 Å². The fourth-order valence-corrected chi connectivity index (χ4v) is 4.29. The molecule has 0 radical (unpaired) electrons. The minimum atomic E-state index is -0.499. The fraction of sp³-hybridized carbons (Fsp3) is 0.250. The van der Waals surface area contributed by atoms with Crippen LogP contribution in [0.4, 0.5) is 0 Å². The Bertz CT molecular complexity index is 1090. The van der Waals surface area contributed by atoms with E-state index in [9.17, 15) is 4.79 Å². The Balaban J connectivity index is 1.94. The first-order valence-corrected chi connectivity index (χ1v) is 10.7. The lowest BCUT2D eigenvalue weighted by Gasteiger charge is -2.34. The zero-order chi connectivity index (χ0) is 19.7. The molecule has 1 N–H and O–H groups in total. The smallest absolute Gasteiger partial charge is 0.276 e. The molecule has 144 valence electrons. The Hall–Kier alpha value is -2.32. The van der Waals surface area contributed by atoms with Crippen LogP contribution in [0.2, 0.25) is 0 Å². The number of rotatable bonds is 4. The van der Waals surface area contributed by atoms with Gasteiger partial charge in [0, 0.05) is 21.0 Å². The molecule has 0 saturated heterocycles. The second-order valence-electron chi connectivity index (χ2n) is 6.31. The number of nitrogens with one attached hydrogen (secondary N) is 1. The standard InChI is InChI=1S/C20H19BrN4O2S/c1-3-10-28-20-23-19(26)17-13-6-4-5-7-15(13)22-18(25(17)24-20)14-11-12(21)8-9-16(14)27-2/h4-9,11,18H,3,10H2,1-2H3,(H,23,24,26). The summed E-state index contributed by atoms with van der Waals surface area (Å²) in [6.07, 6.45) is 0.493. The van der Waals surface area contributed by atoms with Gasteiger partial charge in [-0.25, -0.2) is 5.01 Å². The molecular weight excluding hydrogens is 440 g/mol. The molecule has 1 unspecified atom stereocenters. The van der Waals surface area contributed by atoms with Crippen LogP contribution in [0.5, 0.6) is 5.75 Å². The van der Waals surface area contributed by atoms with Crippen molar-refractivity contribution in [3.63, 3.8) is 0 Å². The number of nitrogens with zero attached hydrogens (tertiary/aromatic N) is 3. The van der Waals surface area contributed by atoms with Crippen LogP contribution < -0.4 is 20.6 Å². The molecule has 6 nitrogen and oxygen atoms in total. The number of hydrazone groups is 1. The predicted octanol–water partition coefficient (Wildman–Crippen LogP) is 2.74. The summed E-state index contributed by atoms with van der Waals surface area (Å²) in [6.45, 7) is 2.09. The third-order valence-electron chi connectivity index (χ3n) is 4.43. The Morgan fingerprint density at radius 1 is 1.29 bits per heavy atom. The van der Waals surface area contributed by atoms with Crippen molar-refractivity contribution in [2.24, 2.45) is 10.1 Å². The normalized spacial score (nSPS) is 17.9. The van der Waals surface area contributed by atoms with Crippen molar-refractivity contribution in [2.45, 2.75) is 19.5 Å². The number of para-hydroxylation sites is 1. The summed E-state index contributed by atoms with van der Waals surface area (Å²) in [5.41, 5.74) is 1.33. The van der Waals surface area contributed by atoms with E-state index in [-0.39, 0.29) is 5.91 Å². The number of hydrogen-bond acceptors (Lipinski definition) is 6. The van der Waals surface area contributed by atoms with Crippen molar-refractivity contribution in [3.05, 3.63) is 63.1 Å². The predicted molar refractivity (Wildman–Crippen MR) is 114 cm³/mol. The lowest BCUT2D eigenvalue weighted by molar-refractivity contribution is -0.116. The molecule has 0 spiro atoms. The average molecular weight is 459 g/mol. The molecule has 2 aromatic carbocycles. The zero-order valence-corrected chi connectivity index (χ0v) is 17.9. The highest BCUT2D eigenvalue weighted by Gasteiger charge is 2.35. The molecule has 1 amide bonds. The Morgan fingerprint density at radius 3 is 2.89 bits per heavy atom. The van der Waals surface area contributed by atoms with Crippen LogP contribution in [-0.2, 0) is 4.79 Å². The number of fused-ring (bicyclic) bond motifs is 2. The monoisotopic (exact) mass is 458 g/mol. The number of amidine groups is 1. The molecule has 0 bridgehead atoms. The van der Waals surface area contributed by atoms with Gasteiger partial charge < -0.3 is 4.74 Å². The molecule has 2 aliphatic heterocycles. The molecule has 2 aromatic rings. The minimum Gasteiger partial charge on any atom is -0.496 e. The van der Waals surface area contributed by atoms with E-state index in [2.05, 4.69) is 28.2 Å². The van der Waals surface area contributed by atoms with Gasteiger partial charge in [-0.05, 0) is 30.7 Å². The number of carbonyl (C=O) groups is 1. The van der Waals surface area contributed by atoms with Gasteiger partial charge in [0.15, 0.2) is 11.3 Å². The maximum Gasteiger partial charge on any atom is 0.276 e. The van der Waals surface area contributed by atoms with Crippen LogP contribution in [-0.4, -0.2) is 28.9 Å². The molecule has 1 atom stereocenters. The Kier molecular flexibility index (Phi) is 5.41. The van der Waals surface area contributed by atoms with Gasteiger partial charge in [0.1, 0.15) is 11.4 Å². The molecule has 0 aromatic heterocycles. The van der Waals surface area contributed by atoms with Crippen LogP contribution in [0, 0.1) is 0 Å². The summed E-state index contributed by atoms with van der Waals surface area (Å²) in [6, 6.07) is 13.4. The second kappa shape index (κ2) is 7.97. The molecule has 0 aliphatic carbocycles. The van der Waals surface area contributed by atoms with E-state index in [4.69, 9.17) is 14.8 Å². The molecule has 8 heteroatoms. The van der Waals surface area contributed by atoms with Crippen LogP contribution in [0.1, 0.15) is 25.1 Å². The van der Waals surface area contributed by atoms with Crippen molar-refractivity contribution in [2.75, 3.05) is 12.9 Å². The third kappa shape index (κ3) is 3.42. The number of methoxy groups -OCH3 is 1. The Morgan fingerprint density at radius 2 is 2.11 bits per heavy atom. The molecule has 28 heavy (non-hydrogen) atoms. The van der Waals surface area contributed by atoms with Crippen LogP contribution >= 0.6 is 27.7 Å². The van der Waals surface area contributed by atoms with E-state index in [0.29, 0.717) is 16.6 Å². The topological polar surface area (TPSA) is 66.3 Å². The number of ether oxygens (including phenoxy) is 1. The van der Waals surface area contributed by atoms with Gasteiger partial charge in [-0.2, -0.15) is 0 Å². The summed E-state index contributed by atoms with van der Waals surface area (Å²) < 4.78 is 6.48. The van der Waals surface area contributed by atoms with Crippen molar-refractivity contribution in [1.29, 1.82) is 0 Å². The summed E-state index contributed by atoms with van der Waals surface area (Å²) in [4.78, 5) is 17.9. The number of carbonyl (C=O) groups excluding carboxylic acids is 1. The van der Waals surface area contributed by atoms with E-state index in [1.165, 1.54) is 11.8 Å². The lowest BCUT2D eigenvalue weighted by Crippen LogP contribution is -2.50. The van der Waals surface area contributed by atoms with Crippen molar-refractivity contribution in [3.8, 4) is 5.75 Å². The zero-order valence-electron chi connectivity index (χ0n) is 15.5. The Labute approximate surface area is 175 Å². The van der Waals surface area contributed by atoms with Gasteiger partial charge in [0.05, 0.1) is 12.5 Å². The maximum atomic E-state index is 13.0. The van der Waals surface area contributed by atoms with Crippen LogP contribution in [0.15, 0.2) is 57.0 Å². The number of benzene rings is 2. The highest BCUT2D eigenvalue weighted by Crippen LogP contribution is 2.37. The van der Waals surface area contributed by atoms with Gasteiger partial charge in [-0.15, -0.1) is 5.10 Å². The van der Waals surface area contributed by atoms with Gasteiger partial charge in [-0.1, -0.05) is 52.8 Å². The summed E-state index contributed by atoms with van der Waals surface area (Å²) in [5, 5.41) is 11.5. The highest BCUT2D eigenvalue weighted by atomic mass is 79.9. The van der Waals surface area contributed by atoms with Crippen molar-refractivity contribution < 1.29 is 9.53 Å². The molecule has 2 aliphatic rings. The van der Waals surface area contributed by atoms with E-state index in [1.54, 1.807) is 12.1 Å². The number of amides is 1. The van der Waals surface area contributed by atoms with E-state index in [1.807, 2.05) is 42.5 Å². The summed E-state index contributed by atoms with van der Waals surface area (Å²) >= 11 is 5.06. The number of thioether (sulfide) groups is 1. The molecule has 2 heterocycles. The van der Waals surface area contributed by atoms with Crippen molar-refractivity contribution >= 4 is 44.5 Å². The second-order valence-corrected chi connectivity index (χ2v) is 8.31. The SMILES string of the molecule is CCCSC1=NN2C(=c3ccccc3=NC2c2cc(Br)ccc2OC)C(=O)N1. The first kappa shape index (κ1) is 19.0. The minimum absolute atomic E-state index is 0.171. The van der Waals surface area contributed by atoms with Gasteiger partial charge in [0.2, 0.25) is 0 Å². The lowest BCUT2D eigenvalue weighted by atomic mass is 10.1. The average Bonchev–Trinajstić information content (AvgIpc) is 2.71. The summed E-state index contributed by atoms with van der Waals surface area (Å²) in [7, 11) is 1.63. The molecule has 4 rings (SSSR count). The first-order valence-electron chi connectivity index (χ1n) is 8.95. The van der Waals surface area contributed by atoms with E-state index < -0.39 is 6.17 Å². The van der Waals surface area contributed by atoms with E-state index >= 15 is 0 Å².